The van der Waals surface area contributed by atoms with Crippen LogP contribution in [0.2, 0.25) is 0 Å². The van der Waals surface area contributed by atoms with Gasteiger partial charge in [0.15, 0.2) is 0 Å². The highest BCUT2D eigenvalue weighted by molar-refractivity contribution is 5.76. The summed E-state index contributed by atoms with van der Waals surface area (Å²) in [4.78, 5) is 14.2. The topological polar surface area (TPSA) is 29.5 Å². The van der Waals surface area contributed by atoms with Crippen molar-refractivity contribution in [1.82, 2.24) is 4.90 Å². The van der Waals surface area contributed by atoms with Gasteiger partial charge in [-0.25, -0.2) is 0 Å². The van der Waals surface area contributed by atoms with E-state index in [9.17, 15) is 4.79 Å². The number of carbonyl (C=O) groups is 1. The van der Waals surface area contributed by atoms with E-state index >= 15 is 0 Å². The van der Waals surface area contributed by atoms with E-state index in [1.54, 1.807) is 0 Å². The van der Waals surface area contributed by atoms with Crippen molar-refractivity contribution in [3.8, 4) is 0 Å². The minimum atomic E-state index is -0.365. The molecule has 3 nitrogen and oxygen atoms in total. The summed E-state index contributed by atoms with van der Waals surface area (Å²) in [6.45, 7) is 10.0. The number of hydrogen-bond acceptors (Lipinski definition) is 3. The Morgan fingerprint density at radius 2 is 2.12 bits per heavy atom. The normalized spacial score (nSPS) is 22.4. The van der Waals surface area contributed by atoms with Gasteiger partial charge in [0.1, 0.15) is 11.6 Å². The van der Waals surface area contributed by atoms with Crippen molar-refractivity contribution in [1.29, 1.82) is 0 Å². The first-order valence-electron chi connectivity index (χ1n) is 6.41. The second-order valence-corrected chi connectivity index (χ2v) is 5.58. The number of rotatable bonds is 4. The number of hydrogen-bond donors (Lipinski definition) is 0. The lowest BCUT2D eigenvalue weighted by molar-refractivity contribution is -0.160. The highest BCUT2D eigenvalue weighted by atomic mass is 16.6. The molecule has 1 rings (SSSR count). The Bertz CT molecular complexity index is 233. The van der Waals surface area contributed by atoms with Crippen LogP contribution in [0.15, 0.2) is 0 Å². The van der Waals surface area contributed by atoms with Crippen molar-refractivity contribution in [3.05, 3.63) is 0 Å². The van der Waals surface area contributed by atoms with Gasteiger partial charge >= 0.3 is 5.97 Å². The minimum Gasteiger partial charge on any atom is -0.459 e. The van der Waals surface area contributed by atoms with Gasteiger partial charge in [-0.3, -0.25) is 9.69 Å². The standard InChI is InChI=1S/C13H25NO2/c1-5-6-9-14-10-7-8-11(14)12(15)16-13(2,3)4/h11H,5-10H2,1-4H3/t11-/m1/s1. The Labute approximate surface area is 99.1 Å². The summed E-state index contributed by atoms with van der Waals surface area (Å²) in [5.74, 6) is -0.0406. The van der Waals surface area contributed by atoms with Gasteiger partial charge in [-0.1, -0.05) is 13.3 Å². The van der Waals surface area contributed by atoms with Gasteiger partial charge in [0, 0.05) is 0 Å². The van der Waals surface area contributed by atoms with Crippen molar-refractivity contribution in [2.75, 3.05) is 13.1 Å². The minimum absolute atomic E-state index is 0.00535. The number of esters is 1. The molecule has 1 fully saturated rings. The van der Waals surface area contributed by atoms with Crippen molar-refractivity contribution >= 4 is 5.97 Å². The third-order valence-corrected chi connectivity index (χ3v) is 2.84. The summed E-state index contributed by atoms with van der Waals surface area (Å²) >= 11 is 0. The van der Waals surface area contributed by atoms with Crippen LogP contribution >= 0.6 is 0 Å². The van der Waals surface area contributed by atoms with Crippen LogP contribution in [0.25, 0.3) is 0 Å². The molecule has 16 heavy (non-hydrogen) atoms. The average Bonchev–Trinajstić information content (AvgIpc) is 2.59. The van der Waals surface area contributed by atoms with Gasteiger partial charge in [-0.05, 0) is 53.1 Å². The maximum absolute atomic E-state index is 12.0. The smallest absolute Gasteiger partial charge is 0.323 e. The predicted octanol–water partition coefficient (Wildman–Crippen LogP) is 2.59. The van der Waals surface area contributed by atoms with E-state index in [-0.39, 0.29) is 17.6 Å². The predicted molar refractivity (Wildman–Crippen MR) is 65.3 cm³/mol. The molecule has 0 N–H and O–H groups in total. The lowest BCUT2D eigenvalue weighted by Gasteiger charge is -2.27. The molecule has 0 unspecified atom stereocenters. The van der Waals surface area contributed by atoms with E-state index in [4.69, 9.17) is 4.74 Å². The summed E-state index contributed by atoms with van der Waals surface area (Å²) in [6.07, 6.45) is 4.42. The largest absolute Gasteiger partial charge is 0.459 e. The summed E-state index contributed by atoms with van der Waals surface area (Å²) in [7, 11) is 0. The molecule has 94 valence electrons. The number of nitrogens with zero attached hydrogens (tertiary/aromatic N) is 1. The van der Waals surface area contributed by atoms with Crippen molar-refractivity contribution < 1.29 is 9.53 Å². The Hall–Kier alpha value is -0.570. The number of unbranched alkanes of at least 4 members (excludes halogenated alkanes) is 1. The summed E-state index contributed by atoms with van der Waals surface area (Å²) in [6, 6.07) is 0.00535. The maximum Gasteiger partial charge on any atom is 0.323 e. The van der Waals surface area contributed by atoms with Crippen LogP contribution in [0, 0.1) is 0 Å². The molecule has 0 aromatic rings. The second-order valence-electron chi connectivity index (χ2n) is 5.58. The summed E-state index contributed by atoms with van der Waals surface area (Å²) in [5, 5.41) is 0. The molecule has 1 aliphatic rings. The molecular weight excluding hydrogens is 202 g/mol. The third-order valence-electron chi connectivity index (χ3n) is 2.84. The first kappa shape index (κ1) is 13.5. The summed E-state index contributed by atoms with van der Waals surface area (Å²) < 4.78 is 5.45. The van der Waals surface area contributed by atoms with Gasteiger partial charge in [0.2, 0.25) is 0 Å². The average molecular weight is 227 g/mol. The molecule has 0 amide bonds. The van der Waals surface area contributed by atoms with Gasteiger partial charge in [0.25, 0.3) is 0 Å². The van der Waals surface area contributed by atoms with Crippen LogP contribution in [-0.2, 0) is 9.53 Å². The molecule has 3 heteroatoms. The van der Waals surface area contributed by atoms with Gasteiger partial charge in [-0.15, -0.1) is 0 Å². The molecule has 0 saturated carbocycles. The van der Waals surface area contributed by atoms with Crippen LogP contribution in [0.4, 0.5) is 0 Å². The zero-order valence-electron chi connectivity index (χ0n) is 11.1. The van der Waals surface area contributed by atoms with Crippen molar-refractivity contribution in [3.63, 3.8) is 0 Å². The van der Waals surface area contributed by atoms with Crippen LogP contribution in [0.1, 0.15) is 53.4 Å². The molecule has 1 aliphatic heterocycles. The summed E-state index contributed by atoms with van der Waals surface area (Å²) in [5.41, 5.74) is -0.365. The quantitative estimate of drug-likeness (QED) is 0.691. The molecule has 0 spiro atoms. The number of ether oxygens (including phenoxy) is 1. The molecule has 0 bridgehead atoms. The SMILES string of the molecule is CCCCN1CCC[C@@H]1C(=O)OC(C)(C)C. The van der Waals surface area contributed by atoms with E-state index in [2.05, 4.69) is 11.8 Å². The fraction of sp³-hybridized carbons (Fsp3) is 0.923. The van der Waals surface area contributed by atoms with Crippen LogP contribution in [0.3, 0.4) is 0 Å². The zero-order chi connectivity index (χ0) is 12.2. The lowest BCUT2D eigenvalue weighted by Crippen LogP contribution is -2.40. The van der Waals surface area contributed by atoms with Gasteiger partial charge in [-0.2, -0.15) is 0 Å². The van der Waals surface area contributed by atoms with Gasteiger partial charge < -0.3 is 4.74 Å². The lowest BCUT2D eigenvalue weighted by atomic mass is 10.1. The molecule has 0 aromatic heterocycles. The van der Waals surface area contributed by atoms with Gasteiger partial charge in [0.05, 0.1) is 0 Å². The number of carbonyl (C=O) groups excluding carboxylic acids is 1. The molecule has 1 saturated heterocycles. The highest BCUT2D eigenvalue weighted by Gasteiger charge is 2.33. The van der Waals surface area contributed by atoms with Crippen LogP contribution < -0.4 is 0 Å². The fourth-order valence-electron chi connectivity index (χ4n) is 2.09. The van der Waals surface area contributed by atoms with Crippen LogP contribution in [0.5, 0.6) is 0 Å². The van der Waals surface area contributed by atoms with Crippen molar-refractivity contribution in [2.24, 2.45) is 0 Å². The molecule has 1 heterocycles. The van der Waals surface area contributed by atoms with E-state index in [1.165, 1.54) is 12.8 Å². The monoisotopic (exact) mass is 227 g/mol. The fourth-order valence-corrected chi connectivity index (χ4v) is 2.09. The van der Waals surface area contributed by atoms with E-state index in [1.807, 2.05) is 20.8 Å². The first-order valence-corrected chi connectivity index (χ1v) is 6.41. The first-order chi connectivity index (χ1) is 7.44. The number of likely N-dealkylation sites (tertiary alicyclic amines) is 1. The zero-order valence-corrected chi connectivity index (χ0v) is 11.1. The highest BCUT2D eigenvalue weighted by Crippen LogP contribution is 2.21. The Kier molecular flexibility index (Phi) is 4.78. The molecule has 0 radical (unpaired) electrons. The Balaban J connectivity index is 2.47. The second kappa shape index (κ2) is 5.67. The van der Waals surface area contributed by atoms with E-state index in [0.717, 1.165) is 25.9 Å². The van der Waals surface area contributed by atoms with Crippen LogP contribution in [-0.4, -0.2) is 35.6 Å². The third kappa shape index (κ3) is 4.12. The molecule has 1 atom stereocenters. The molecule has 0 aliphatic carbocycles. The van der Waals surface area contributed by atoms with Crippen molar-refractivity contribution in [2.45, 2.75) is 65.0 Å². The Morgan fingerprint density at radius 1 is 1.44 bits per heavy atom. The molecular formula is C13H25NO2. The Morgan fingerprint density at radius 3 is 2.69 bits per heavy atom. The molecule has 0 aromatic carbocycles. The van der Waals surface area contributed by atoms with E-state index in [0.29, 0.717) is 0 Å². The van der Waals surface area contributed by atoms with E-state index < -0.39 is 0 Å². The maximum atomic E-state index is 12.0.